The molecule has 0 amide bonds. The van der Waals surface area contributed by atoms with Gasteiger partial charge in [-0.3, -0.25) is 0 Å². The third-order valence-corrected chi connectivity index (χ3v) is 6.29. The molecule has 0 saturated carbocycles. The van der Waals surface area contributed by atoms with Crippen LogP contribution < -0.4 is 10.1 Å². The molecule has 4 aromatic rings. The predicted molar refractivity (Wildman–Crippen MR) is 124 cm³/mol. The van der Waals surface area contributed by atoms with E-state index in [-0.39, 0.29) is 6.10 Å². The second-order valence-corrected chi connectivity index (χ2v) is 9.05. The van der Waals surface area contributed by atoms with Crippen LogP contribution in [0.15, 0.2) is 36.8 Å². The van der Waals surface area contributed by atoms with Gasteiger partial charge in [-0.15, -0.1) is 11.3 Å². The van der Waals surface area contributed by atoms with Crippen molar-refractivity contribution in [3.8, 4) is 16.3 Å². The molecule has 1 aliphatic rings. The van der Waals surface area contributed by atoms with Crippen molar-refractivity contribution in [3.63, 3.8) is 0 Å². The van der Waals surface area contributed by atoms with E-state index in [9.17, 15) is 0 Å². The van der Waals surface area contributed by atoms with Crippen LogP contribution in [0.3, 0.4) is 0 Å². The second kappa shape index (κ2) is 9.13. The molecule has 8 nitrogen and oxygen atoms in total. The van der Waals surface area contributed by atoms with Crippen molar-refractivity contribution in [1.82, 2.24) is 25.1 Å². The Bertz CT molecular complexity index is 1220. The summed E-state index contributed by atoms with van der Waals surface area (Å²) in [4.78, 5) is 14.8. The molecule has 164 valence electrons. The molecule has 0 bridgehead atoms. The summed E-state index contributed by atoms with van der Waals surface area (Å²) in [7, 11) is 0. The van der Waals surface area contributed by atoms with Gasteiger partial charge in [0.15, 0.2) is 0 Å². The zero-order chi connectivity index (χ0) is 21.9. The summed E-state index contributed by atoms with van der Waals surface area (Å²) in [6.07, 6.45) is 5.29. The van der Waals surface area contributed by atoms with Crippen LogP contribution in [0.4, 0.5) is 5.82 Å². The molecular formula is C23H24N6O2S. The molecule has 9 heteroatoms. The highest BCUT2D eigenvalue weighted by atomic mass is 32.1. The quantitative estimate of drug-likeness (QED) is 0.466. The van der Waals surface area contributed by atoms with E-state index < -0.39 is 0 Å². The van der Waals surface area contributed by atoms with Gasteiger partial charge in [0.25, 0.3) is 0 Å². The Kier molecular flexibility index (Phi) is 5.91. The molecule has 0 unspecified atom stereocenters. The highest BCUT2D eigenvalue weighted by Gasteiger charge is 2.20. The molecule has 5 rings (SSSR count). The number of benzene rings is 1. The van der Waals surface area contributed by atoms with E-state index in [2.05, 4.69) is 43.5 Å². The number of aromatic nitrogens is 5. The third-order valence-electron chi connectivity index (χ3n) is 5.32. The second-order valence-electron chi connectivity index (χ2n) is 7.82. The topological polar surface area (TPSA) is 94.9 Å². The van der Waals surface area contributed by atoms with Gasteiger partial charge in [0, 0.05) is 34.9 Å². The molecule has 1 aliphatic heterocycles. The summed E-state index contributed by atoms with van der Waals surface area (Å²) >= 11 is 1.66. The number of nitrogens with one attached hydrogen (secondary N) is 1. The largest absolute Gasteiger partial charge is 0.488 e. The summed E-state index contributed by atoms with van der Waals surface area (Å²) in [5.41, 5.74) is 3.50. The molecule has 0 aliphatic carbocycles. The Morgan fingerprint density at radius 2 is 1.97 bits per heavy atom. The van der Waals surface area contributed by atoms with Crippen molar-refractivity contribution in [2.24, 2.45) is 0 Å². The maximum Gasteiger partial charge on any atom is 0.146 e. The van der Waals surface area contributed by atoms with Crippen molar-refractivity contribution < 1.29 is 9.47 Å². The number of rotatable bonds is 6. The lowest BCUT2D eigenvalue weighted by Crippen LogP contribution is -2.26. The monoisotopic (exact) mass is 448 g/mol. The van der Waals surface area contributed by atoms with E-state index in [1.807, 2.05) is 31.3 Å². The lowest BCUT2D eigenvalue weighted by molar-refractivity contribution is 0.0261. The van der Waals surface area contributed by atoms with Crippen molar-refractivity contribution >= 4 is 28.1 Å². The molecule has 0 spiro atoms. The number of hydrogen-bond donors (Lipinski definition) is 1. The Hall–Kier alpha value is -3.17. The molecule has 1 N–H and O–H groups in total. The van der Waals surface area contributed by atoms with Gasteiger partial charge in [-0.1, -0.05) is 0 Å². The Morgan fingerprint density at radius 3 is 2.72 bits per heavy atom. The van der Waals surface area contributed by atoms with Gasteiger partial charge >= 0.3 is 0 Å². The van der Waals surface area contributed by atoms with Crippen LogP contribution >= 0.6 is 11.3 Å². The molecule has 1 fully saturated rings. The first kappa shape index (κ1) is 20.7. The van der Waals surface area contributed by atoms with Crippen LogP contribution in [0.5, 0.6) is 5.75 Å². The minimum atomic E-state index is 0.106. The summed E-state index contributed by atoms with van der Waals surface area (Å²) < 4.78 is 11.9. The van der Waals surface area contributed by atoms with E-state index in [4.69, 9.17) is 9.47 Å². The van der Waals surface area contributed by atoms with Gasteiger partial charge in [0.1, 0.15) is 34.5 Å². The Balaban J connectivity index is 1.53. The zero-order valence-corrected chi connectivity index (χ0v) is 18.9. The van der Waals surface area contributed by atoms with Gasteiger partial charge in [-0.2, -0.15) is 10.2 Å². The fourth-order valence-electron chi connectivity index (χ4n) is 3.65. The van der Waals surface area contributed by atoms with Crippen LogP contribution in [-0.2, 0) is 11.3 Å². The SMILES string of the molecule is Cc1ccc(CNc2ncnc3c(OC4CCOCC4)cc(-c4ncc(C)s4)cc23)nn1. The van der Waals surface area contributed by atoms with Crippen LogP contribution in [0, 0.1) is 13.8 Å². The minimum Gasteiger partial charge on any atom is -0.488 e. The summed E-state index contributed by atoms with van der Waals surface area (Å²) in [6, 6.07) is 8.03. The van der Waals surface area contributed by atoms with E-state index in [1.165, 1.54) is 0 Å². The number of nitrogens with zero attached hydrogens (tertiary/aromatic N) is 5. The highest BCUT2D eigenvalue weighted by Crippen LogP contribution is 2.36. The first-order valence-electron chi connectivity index (χ1n) is 10.6. The molecular weight excluding hydrogens is 424 g/mol. The number of thiazole rings is 1. The fourth-order valence-corrected chi connectivity index (χ4v) is 4.40. The van der Waals surface area contributed by atoms with Gasteiger partial charge in [0.05, 0.1) is 31.1 Å². The minimum absolute atomic E-state index is 0.106. The number of fused-ring (bicyclic) bond motifs is 1. The van der Waals surface area contributed by atoms with E-state index in [0.29, 0.717) is 19.8 Å². The molecule has 1 aromatic carbocycles. The van der Waals surface area contributed by atoms with Gasteiger partial charge in [-0.25, -0.2) is 15.0 Å². The van der Waals surface area contributed by atoms with Crippen LogP contribution in [-0.4, -0.2) is 44.5 Å². The number of anilines is 1. The highest BCUT2D eigenvalue weighted by molar-refractivity contribution is 7.14. The Labute approximate surface area is 190 Å². The molecule has 4 heterocycles. The zero-order valence-electron chi connectivity index (χ0n) is 18.0. The van der Waals surface area contributed by atoms with E-state index in [1.54, 1.807) is 17.7 Å². The fraction of sp³-hybridized carbons (Fsp3) is 0.348. The lowest BCUT2D eigenvalue weighted by Gasteiger charge is -2.24. The summed E-state index contributed by atoms with van der Waals surface area (Å²) in [5.74, 6) is 1.47. The summed E-state index contributed by atoms with van der Waals surface area (Å²) in [5, 5.41) is 13.6. The maximum atomic E-state index is 6.42. The van der Waals surface area contributed by atoms with Crippen molar-refractivity contribution in [1.29, 1.82) is 0 Å². The smallest absolute Gasteiger partial charge is 0.146 e. The predicted octanol–water partition coefficient (Wildman–Crippen LogP) is 4.33. The molecule has 1 saturated heterocycles. The van der Waals surface area contributed by atoms with Gasteiger partial charge in [-0.05, 0) is 38.1 Å². The average molecular weight is 449 g/mol. The molecule has 0 atom stereocenters. The Morgan fingerprint density at radius 1 is 1.09 bits per heavy atom. The van der Waals surface area contributed by atoms with Crippen molar-refractivity contribution in [2.75, 3.05) is 18.5 Å². The maximum absolute atomic E-state index is 6.42. The first-order chi connectivity index (χ1) is 15.7. The lowest BCUT2D eigenvalue weighted by atomic mass is 10.1. The van der Waals surface area contributed by atoms with E-state index >= 15 is 0 Å². The normalized spacial score (nSPS) is 14.6. The average Bonchev–Trinajstić information content (AvgIpc) is 3.26. The number of aryl methyl sites for hydroxylation is 2. The molecule has 3 aromatic heterocycles. The summed E-state index contributed by atoms with van der Waals surface area (Å²) in [6.45, 7) is 5.92. The molecule has 0 radical (unpaired) electrons. The van der Waals surface area contributed by atoms with Gasteiger partial charge < -0.3 is 14.8 Å². The standard InChI is InChI=1S/C23H24N6O2S/c1-14-3-4-17(29-28-14)12-24-22-19-9-16(23-25-11-15(2)32-23)10-20(21(19)26-13-27-22)31-18-5-7-30-8-6-18/h3-4,9-11,13,18H,5-8,12H2,1-2H3,(H,24,26,27). The van der Waals surface area contributed by atoms with Crippen molar-refractivity contribution in [2.45, 2.75) is 39.3 Å². The number of hydrogen-bond acceptors (Lipinski definition) is 9. The van der Waals surface area contributed by atoms with Crippen LogP contribution in [0.25, 0.3) is 21.5 Å². The van der Waals surface area contributed by atoms with Crippen molar-refractivity contribution in [3.05, 3.63) is 53.1 Å². The number of ether oxygens (including phenoxy) is 2. The van der Waals surface area contributed by atoms with Gasteiger partial charge in [0.2, 0.25) is 0 Å². The molecule has 32 heavy (non-hydrogen) atoms. The van der Waals surface area contributed by atoms with Crippen LogP contribution in [0.1, 0.15) is 29.1 Å². The first-order valence-corrected chi connectivity index (χ1v) is 11.5. The van der Waals surface area contributed by atoms with E-state index in [0.717, 1.165) is 62.1 Å². The van der Waals surface area contributed by atoms with Crippen LogP contribution in [0.2, 0.25) is 0 Å². The third kappa shape index (κ3) is 4.53.